The van der Waals surface area contributed by atoms with Crippen molar-refractivity contribution >= 4 is 41.7 Å². The second-order valence-corrected chi connectivity index (χ2v) is 8.67. The third kappa shape index (κ3) is 6.56. The maximum atomic E-state index is 5.54. The Morgan fingerprint density at radius 3 is 2.67 bits per heavy atom. The highest BCUT2D eigenvalue weighted by molar-refractivity contribution is 14.0. The van der Waals surface area contributed by atoms with E-state index in [4.69, 9.17) is 9.73 Å². The molecule has 1 unspecified atom stereocenters. The molecule has 1 atom stereocenters. The van der Waals surface area contributed by atoms with Gasteiger partial charge >= 0.3 is 0 Å². The van der Waals surface area contributed by atoms with Crippen LogP contribution in [0, 0.1) is 11.8 Å². The molecule has 0 saturated carbocycles. The van der Waals surface area contributed by atoms with E-state index in [9.17, 15) is 0 Å². The van der Waals surface area contributed by atoms with Crippen LogP contribution in [-0.2, 0) is 4.74 Å². The van der Waals surface area contributed by atoms with Crippen LogP contribution in [-0.4, -0.2) is 61.3 Å². The van der Waals surface area contributed by atoms with Gasteiger partial charge in [0.1, 0.15) is 0 Å². The SMILES string of the molecule is CCNC(=NCC1(SC)CCOCC1)N1CCC(CC(C)C)C1.I. The monoisotopic (exact) mass is 469 g/mol. The van der Waals surface area contributed by atoms with E-state index in [0.717, 1.165) is 63.5 Å². The fourth-order valence-corrected chi connectivity index (χ4v) is 4.47. The summed E-state index contributed by atoms with van der Waals surface area (Å²) in [7, 11) is 0. The van der Waals surface area contributed by atoms with Gasteiger partial charge < -0.3 is 15.0 Å². The van der Waals surface area contributed by atoms with Crippen LogP contribution in [0.5, 0.6) is 0 Å². The summed E-state index contributed by atoms with van der Waals surface area (Å²) in [5.41, 5.74) is 0. The number of rotatable bonds is 6. The zero-order valence-electron chi connectivity index (χ0n) is 15.8. The molecule has 0 spiro atoms. The minimum Gasteiger partial charge on any atom is -0.381 e. The molecule has 1 N–H and O–H groups in total. The van der Waals surface area contributed by atoms with Gasteiger partial charge in [0.25, 0.3) is 0 Å². The molecule has 142 valence electrons. The topological polar surface area (TPSA) is 36.9 Å². The summed E-state index contributed by atoms with van der Waals surface area (Å²) in [5.74, 6) is 2.75. The summed E-state index contributed by atoms with van der Waals surface area (Å²) >= 11 is 1.97. The molecule has 4 nitrogen and oxygen atoms in total. The first-order valence-corrected chi connectivity index (χ1v) is 10.5. The van der Waals surface area contributed by atoms with Crippen molar-refractivity contribution < 1.29 is 4.74 Å². The number of aliphatic imine (C=N–C) groups is 1. The Hall–Kier alpha value is 0.310. The van der Waals surface area contributed by atoms with Crippen molar-refractivity contribution in [2.24, 2.45) is 16.8 Å². The first kappa shape index (κ1) is 22.4. The van der Waals surface area contributed by atoms with Gasteiger partial charge in [-0.15, -0.1) is 24.0 Å². The Balaban J connectivity index is 0.00000288. The number of guanidine groups is 1. The lowest BCUT2D eigenvalue weighted by molar-refractivity contribution is 0.0793. The van der Waals surface area contributed by atoms with Gasteiger partial charge in [-0.05, 0) is 50.7 Å². The van der Waals surface area contributed by atoms with Crippen LogP contribution in [0.4, 0.5) is 0 Å². The molecule has 0 bridgehead atoms. The maximum Gasteiger partial charge on any atom is 0.193 e. The van der Waals surface area contributed by atoms with Crippen molar-refractivity contribution in [1.29, 1.82) is 0 Å². The second kappa shape index (κ2) is 11.1. The first-order chi connectivity index (χ1) is 11.1. The fraction of sp³-hybridized carbons (Fsp3) is 0.944. The molecule has 0 amide bonds. The number of nitrogens with one attached hydrogen (secondary N) is 1. The summed E-state index contributed by atoms with van der Waals surface area (Å²) in [6.07, 6.45) is 7.11. The zero-order chi connectivity index (χ0) is 16.7. The Kier molecular flexibility index (Phi) is 10.4. The molecule has 6 heteroatoms. The number of thioether (sulfide) groups is 1. The molecule has 2 aliphatic heterocycles. The molecule has 0 aromatic carbocycles. The average molecular weight is 469 g/mol. The van der Waals surface area contributed by atoms with Gasteiger partial charge in [0.05, 0.1) is 6.54 Å². The summed E-state index contributed by atoms with van der Waals surface area (Å²) < 4.78 is 5.82. The third-order valence-electron chi connectivity index (χ3n) is 5.08. The van der Waals surface area contributed by atoms with E-state index >= 15 is 0 Å². The van der Waals surface area contributed by atoms with Gasteiger partial charge in [-0.25, -0.2) is 0 Å². The van der Waals surface area contributed by atoms with Crippen LogP contribution >= 0.6 is 35.7 Å². The lowest BCUT2D eigenvalue weighted by Crippen LogP contribution is -2.42. The van der Waals surface area contributed by atoms with E-state index < -0.39 is 0 Å². The number of hydrogen-bond acceptors (Lipinski definition) is 3. The van der Waals surface area contributed by atoms with Gasteiger partial charge in [-0.3, -0.25) is 4.99 Å². The summed E-state index contributed by atoms with van der Waals surface area (Å²) in [6, 6.07) is 0. The molecular weight excluding hydrogens is 433 g/mol. The molecule has 0 radical (unpaired) electrons. The van der Waals surface area contributed by atoms with Crippen LogP contribution in [0.2, 0.25) is 0 Å². The van der Waals surface area contributed by atoms with E-state index in [1.807, 2.05) is 11.8 Å². The number of nitrogens with zero attached hydrogens (tertiary/aromatic N) is 2. The Bertz CT molecular complexity index is 386. The number of halogens is 1. The Morgan fingerprint density at radius 1 is 1.38 bits per heavy atom. The van der Waals surface area contributed by atoms with Crippen LogP contribution in [0.25, 0.3) is 0 Å². The van der Waals surface area contributed by atoms with Gasteiger partial charge in [-0.2, -0.15) is 11.8 Å². The minimum atomic E-state index is 0. The molecule has 2 fully saturated rings. The molecular formula is C18H36IN3OS. The predicted molar refractivity (Wildman–Crippen MR) is 117 cm³/mol. The van der Waals surface area contributed by atoms with E-state index in [2.05, 4.69) is 37.2 Å². The largest absolute Gasteiger partial charge is 0.381 e. The predicted octanol–water partition coefficient (Wildman–Crippen LogP) is 3.85. The summed E-state index contributed by atoms with van der Waals surface area (Å²) in [5, 5.41) is 3.51. The smallest absolute Gasteiger partial charge is 0.193 e. The maximum absolute atomic E-state index is 5.54. The van der Waals surface area contributed by atoms with Crippen LogP contribution < -0.4 is 5.32 Å². The second-order valence-electron chi connectivity index (χ2n) is 7.40. The average Bonchev–Trinajstić information content (AvgIpc) is 3.00. The van der Waals surface area contributed by atoms with Crippen molar-refractivity contribution in [3.05, 3.63) is 0 Å². The van der Waals surface area contributed by atoms with E-state index in [1.54, 1.807) is 0 Å². The highest BCUT2D eigenvalue weighted by Gasteiger charge is 2.32. The van der Waals surface area contributed by atoms with Crippen molar-refractivity contribution in [3.8, 4) is 0 Å². The lowest BCUT2D eigenvalue weighted by Gasteiger charge is -2.34. The number of ether oxygens (including phenoxy) is 1. The van der Waals surface area contributed by atoms with Crippen LogP contribution in [0.3, 0.4) is 0 Å². The molecule has 24 heavy (non-hydrogen) atoms. The highest BCUT2D eigenvalue weighted by Crippen LogP contribution is 2.34. The van der Waals surface area contributed by atoms with Gasteiger partial charge in [0.15, 0.2) is 5.96 Å². The van der Waals surface area contributed by atoms with Crippen LogP contribution in [0.1, 0.15) is 46.5 Å². The lowest BCUT2D eigenvalue weighted by atomic mass is 9.97. The standard InChI is InChI=1S/C18H35N3OS.HI/c1-5-19-17(21-9-6-16(13-21)12-15(2)3)20-14-18(23-4)7-10-22-11-8-18;/h15-16H,5-14H2,1-4H3,(H,19,20);1H. The zero-order valence-corrected chi connectivity index (χ0v) is 19.0. The van der Waals surface area contributed by atoms with Gasteiger partial charge in [0.2, 0.25) is 0 Å². The molecule has 2 heterocycles. The third-order valence-corrected chi connectivity index (χ3v) is 6.48. The fourth-order valence-electron chi connectivity index (χ4n) is 3.70. The van der Waals surface area contributed by atoms with E-state index in [0.29, 0.717) is 0 Å². The van der Waals surface area contributed by atoms with E-state index in [1.165, 1.54) is 19.4 Å². The van der Waals surface area contributed by atoms with Crippen molar-refractivity contribution in [2.45, 2.75) is 51.2 Å². The highest BCUT2D eigenvalue weighted by atomic mass is 127. The molecule has 2 rings (SSSR count). The summed E-state index contributed by atoms with van der Waals surface area (Å²) in [4.78, 5) is 7.51. The normalized spacial score (nSPS) is 24.1. The Labute approximate surface area is 170 Å². The van der Waals surface area contributed by atoms with Crippen LogP contribution in [0.15, 0.2) is 4.99 Å². The van der Waals surface area contributed by atoms with Crippen molar-refractivity contribution in [3.63, 3.8) is 0 Å². The van der Waals surface area contributed by atoms with Gasteiger partial charge in [-0.1, -0.05) is 13.8 Å². The van der Waals surface area contributed by atoms with Gasteiger partial charge in [0, 0.05) is 37.6 Å². The Morgan fingerprint density at radius 2 is 2.08 bits per heavy atom. The minimum absolute atomic E-state index is 0. The molecule has 0 aliphatic carbocycles. The molecule has 0 aromatic rings. The van der Waals surface area contributed by atoms with Crippen molar-refractivity contribution in [2.75, 3.05) is 45.6 Å². The molecule has 2 saturated heterocycles. The van der Waals surface area contributed by atoms with E-state index in [-0.39, 0.29) is 28.7 Å². The first-order valence-electron chi connectivity index (χ1n) is 9.24. The number of likely N-dealkylation sites (tertiary alicyclic amines) is 1. The quantitative estimate of drug-likeness (QED) is 0.364. The number of hydrogen-bond donors (Lipinski definition) is 1. The summed E-state index contributed by atoms with van der Waals surface area (Å²) in [6.45, 7) is 12.8. The molecule has 0 aromatic heterocycles. The van der Waals surface area contributed by atoms with Crippen molar-refractivity contribution in [1.82, 2.24) is 10.2 Å². The molecule has 2 aliphatic rings.